The number of hydrogen-bond acceptors (Lipinski definition) is 18. The number of thiol groups is 2. The zero-order valence-corrected chi connectivity index (χ0v) is 25.6. The van der Waals surface area contributed by atoms with Crippen molar-refractivity contribution in [1.82, 2.24) is 39.0 Å². The van der Waals surface area contributed by atoms with Crippen LogP contribution in [0.3, 0.4) is 0 Å². The van der Waals surface area contributed by atoms with Crippen molar-refractivity contribution in [1.29, 1.82) is 0 Å². The Hall–Kier alpha value is -2.46. The number of imidazole rings is 2. The number of anilines is 2. The maximum atomic E-state index is 13.4. The number of nitrogens with two attached hydrogens (primary N) is 2. The molecule has 24 heteroatoms. The van der Waals surface area contributed by atoms with Gasteiger partial charge in [0.05, 0.1) is 25.9 Å². The molecule has 7 rings (SSSR count). The summed E-state index contributed by atoms with van der Waals surface area (Å²) in [7, 11) is 0. The fourth-order valence-corrected chi connectivity index (χ4v) is 8.23. The van der Waals surface area contributed by atoms with Crippen molar-refractivity contribution < 1.29 is 46.9 Å². The van der Waals surface area contributed by atoms with Crippen molar-refractivity contribution in [2.24, 2.45) is 0 Å². The summed E-state index contributed by atoms with van der Waals surface area (Å²) < 4.78 is 63.9. The molecule has 0 aliphatic carbocycles. The number of hydrogen-bond donors (Lipinski definition) is 6. The maximum absolute atomic E-state index is 13.4. The molecule has 2 unspecified atom stereocenters. The predicted molar refractivity (Wildman–Crippen MR) is 154 cm³/mol. The summed E-state index contributed by atoms with van der Waals surface area (Å²) in [5.74, 6) is 0.203. The van der Waals surface area contributed by atoms with Gasteiger partial charge in [-0.05, 0) is 0 Å². The first-order valence-electron chi connectivity index (χ1n) is 12.8. The number of aliphatic hydroxyl groups excluding tert-OH is 2. The molecule has 0 radical (unpaired) electrons. The lowest BCUT2D eigenvalue weighted by Gasteiger charge is -2.28. The lowest BCUT2D eigenvalue weighted by Crippen LogP contribution is -2.38. The van der Waals surface area contributed by atoms with Crippen LogP contribution in [0.15, 0.2) is 25.3 Å². The fraction of sp³-hybridized carbons (Fsp3) is 0.500. The Kier molecular flexibility index (Phi) is 7.63. The van der Waals surface area contributed by atoms with E-state index < -0.39 is 75.9 Å². The van der Waals surface area contributed by atoms with Crippen molar-refractivity contribution >= 4 is 72.1 Å². The summed E-state index contributed by atoms with van der Waals surface area (Å²) in [4.78, 5) is 24.4. The van der Waals surface area contributed by atoms with Crippen LogP contribution in [-0.2, 0) is 36.7 Å². The Morgan fingerprint density at radius 2 is 1.14 bits per heavy atom. The van der Waals surface area contributed by atoms with Crippen molar-refractivity contribution in [3.63, 3.8) is 0 Å². The molecule has 7 heterocycles. The van der Waals surface area contributed by atoms with Gasteiger partial charge in [0.15, 0.2) is 35.4 Å². The van der Waals surface area contributed by atoms with E-state index >= 15 is 0 Å². The van der Waals surface area contributed by atoms with Gasteiger partial charge in [-0.15, -0.1) is 0 Å². The third-order valence-corrected chi connectivity index (χ3v) is 10.5. The summed E-state index contributed by atoms with van der Waals surface area (Å²) in [6.45, 7) is -9.59. The topological polar surface area (TPSA) is 269 Å². The quantitative estimate of drug-likeness (QED) is 0.121. The molecule has 3 aliphatic rings. The van der Waals surface area contributed by atoms with E-state index in [2.05, 4.69) is 54.4 Å². The molecule has 10 atom stereocenters. The molecular formula is C20H24N10O10P2S2. The summed E-state index contributed by atoms with van der Waals surface area (Å²) in [5.41, 5.74) is 12.7. The summed E-state index contributed by atoms with van der Waals surface area (Å²) in [6.07, 6.45) is -5.50. The Morgan fingerprint density at radius 3 is 1.55 bits per heavy atom. The number of fused-ring (bicyclic) bond motifs is 4. The van der Waals surface area contributed by atoms with Crippen molar-refractivity contribution in [3.05, 3.63) is 25.3 Å². The second-order valence-corrected chi connectivity index (χ2v) is 15.7. The Balaban J connectivity index is 1.17. The van der Waals surface area contributed by atoms with Gasteiger partial charge in [-0.1, -0.05) is 24.5 Å². The smallest absolute Gasteiger partial charge is 0.386 e. The van der Waals surface area contributed by atoms with Gasteiger partial charge in [0.2, 0.25) is 0 Å². The van der Waals surface area contributed by atoms with Gasteiger partial charge in [-0.2, -0.15) is 0 Å². The number of rotatable bonds is 2. The van der Waals surface area contributed by atoms with Gasteiger partial charge < -0.3 is 31.2 Å². The van der Waals surface area contributed by atoms with Gasteiger partial charge in [0.25, 0.3) is 0 Å². The molecule has 4 aromatic rings. The highest BCUT2D eigenvalue weighted by atomic mass is 32.7. The minimum atomic E-state index is -4.26. The van der Waals surface area contributed by atoms with Crippen molar-refractivity contribution in [2.75, 3.05) is 24.7 Å². The molecule has 236 valence electrons. The van der Waals surface area contributed by atoms with E-state index in [0.717, 1.165) is 0 Å². The number of ether oxygens (including phenoxy) is 2. The molecule has 3 saturated heterocycles. The highest BCUT2D eigenvalue weighted by molar-refractivity contribution is 8.44. The van der Waals surface area contributed by atoms with Crippen LogP contribution < -0.4 is 11.5 Å². The van der Waals surface area contributed by atoms with Gasteiger partial charge >= 0.3 is 13.6 Å². The zero-order valence-electron chi connectivity index (χ0n) is 22.0. The van der Waals surface area contributed by atoms with Crippen LogP contribution in [-0.4, -0.2) is 99.1 Å². The Bertz CT molecular complexity index is 1700. The predicted octanol–water partition coefficient (Wildman–Crippen LogP) is 0.240. The second kappa shape index (κ2) is 11.1. The highest BCUT2D eigenvalue weighted by Crippen LogP contribution is 2.60. The first-order valence-corrected chi connectivity index (χ1v) is 18.2. The summed E-state index contributed by atoms with van der Waals surface area (Å²) in [6, 6.07) is 0. The second-order valence-electron chi connectivity index (χ2n) is 9.95. The zero-order chi connectivity index (χ0) is 31.0. The first-order chi connectivity index (χ1) is 20.9. The summed E-state index contributed by atoms with van der Waals surface area (Å²) in [5, 5.41) is 22.5. The third kappa shape index (κ3) is 5.27. The van der Waals surface area contributed by atoms with Crippen LogP contribution in [0.5, 0.6) is 0 Å². The Labute approximate surface area is 256 Å². The molecule has 4 aromatic heterocycles. The van der Waals surface area contributed by atoms with E-state index in [1.165, 1.54) is 34.4 Å². The molecule has 3 fully saturated rings. The van der Waals surface area contributed by atoms with E-state index in [4.69, 9.17) is 39.0 Å². The minimum Gasteiger partial charge on any atom is -0.386 e. The van der Waals surface area contributed by atoms with E-state index in [1.807, 2.05) is 0 Å². The molecule has 20 nitrogen and oxygen atoms in total. The average Bonchev–Trinajstić information content (AvgIpc) is 3.73. The van der Waals surface area contributed by atoms with Crippen LogP contribution in [0.2, 0.25) is 0 Å². The van der Waals surface area contributed by atoms with E-state index in [1.54, 1.807) is 0 Å². The van der Waals surface area contributed by atoms with Crippen molar-refractivity contribution in [2.45, 2.75) is 49.1 Å². The molecular weight excluding hydrogens is 666 g/mol. The van der Waals surface area contributed by atoms with Crippen LogP contribution in [0.1, 0.15) is 12.5 Å². The monoisotopic (exact) mass is 690 g/mol. The maximum Gasteiger partial charge on any atom is 0.386 e. The fourth-order valence-electron chi connectivity index (χ4n) is 5.24. The molecule has 0 amide bonds. The molecule has 0 bridgehead atoms. The van der Waals surface area contributed by atoms with Gasteiger partial charge in [0, 0.05) is 0 Å². The highest BCUT2D eigenvalue weighted by Gasteiger charge is 2.53. The SMILES string of the molecule is Nc1ncnc2c1ncn2[C@@H]1OC2CO[P@@](=O)(S)O[C@@H]3C(CO[P@@](=O)(S)O[C@H]2[C@H]1O)O[C@@H](n1cnc2c(N)ncnc21)[C@@H]3O. The van der Waals surface area contributed by atoms with Gasteiger partial charge in [0.1, 0.15) is 60.3 Å². The van der Waals surface area contributed by atoms with E-state index in [0.29, 0.717) is 0 Å². The van der Waals surface area contributed by atoms with Crippen LogP contribution >= 0.6 is 38.1 Å². The van der Waals surface area contributed by atoms with Crippen LogP contribution in [0.4, 0.5) is 11.6 Å². The third-order valence-electron chi connectivity index (χ3n) is 7.26. The Morgan fingerprint density at radius 1 is 0.727 bits per heavy atom. The number of aromatic nitrogens is 8. The van der Waals surface area contributed by atoms with Crippen LogP contribution in [0.25, 0.3) is 22.3 Å². The number of nitrogen functional groups attached to an aromatic ring is 2. The largest absolute Gasteiger partial charge is 0.386 e. The van der Waals surface area contributed by atoms with Crippen LogP contribution in [0, 0.1) is 0 Å². The van der Waals surface area contributed by atoms with E-state index in [-0.39, 0.29) is 34.0 Å². The molecule has 0 saturated carbocycles. The molecule has 44 heavy (non-hydrogen) atoms. The summed E-state index contributed by atoms with van der Waals surface area (Å²) >= 11 is 8.16. The molecule has 3 aliphatic heterocycles. The van der Waals surface area contributed by atoms with Gasteiger partial charge in [-0.3, -0.25) is 27.2 Å². The minimum absolute atomic E-state index is 0.101. The number of aliphatic hydroxyl groups is 2. The average molecular weight is 691 g/mol. The first kappa shape index (κ1) is 30.2. The lowest BCUT2D eigenvalue weighted by molar-refractivity contribution is -0.0561. The standard InChI is InChI=1S/C20H24N10O10P2S2/c21-15-9-17(25-3-23-15)29(5-27-9)19-11(31)13-7(37-19)1-35-41(33,43)40-14-8(2-36-42(34,44)39-13)38-20(12(14)32)30-6-28-10-16(22)24-4-26-18(10)30/h3-8,11-14,19-20,31-32H,1-2H2,(H,33,43)(H,34,44)(H2,21,23,25)(H2,22,24,26)/t7?,8?,11-,12-,13-,14-,19-,20-,41-,42-/m1/s1. The molecule has 6 N–H and O–H groups in total. The lowest BCUT2D eigenvalue weighted by atomic mass is 10.1. The van der Waals surface area contributed by atoms with Gasteiger partial charge in [-0.25, -0.2) is 39.0 Å². The molecule has 0 aromatic carbocycles. The normalized spacial score (nSPS) is 38.3. The number of nitrogens with zero attached hydrogens (tertiary/aromatic N) is 8. The van der Waals surface area contributed by atoms with Crippen molar-refractivity contribution in [3.8, 4) is 0 Å². The van der Waals surface area contributed by atoms with E-state index in [9.17, 15) is 19.3 Å². The molecule has 0 spiro atoms.